The van der Waals surface area contributed by atoms with E-state index in [1.54, 1.807) is 4.80 Å². The van der Waals surface area contributed by atoms with E-state index in [4.69, 9.17) is 5.11 Å². The van der Waals surface area contributed by atoms with Crippen LogP contribution in [0.2, 0.25) is 0 Å². The molecule has 0 aromatic carbocycles. The number of carboxylic acid groups (broad SMARTS) is 1. The fourth-order valence-electron chi connectivity index (χ4n) is 4.90. The normalized spacial score (nSPS) is 41.2. The van der Waals surface area contributed by atoms with Crippen molar-refractivity contribution in [3.8, 4) is 0 Å². The van der Waals surface area contributed by atoms with Gasteiger partial charge in [0.1, 0.15) is 0 Å². The molecule has 0 aliphatic heterocycles. The number of aromatic carboxylic acids is 1. The van der Waals surface area contributed by atoms with E-state index in [2.05, 4.69) is 10.2 Å². The van der Waals surface area contributed by atoms with Gasteiger partial charge in [0.25, 0.3) is 0 Å². The molecular weight excluding hydrogens is 230 g/mol. The predicted octanol–water partition coefficient (Wildman–Crippen LogP) is 1.90. The molecule has 0 radical (unpaired) electrons. The lowest BCUT2D eigenvalue weighted by molar-refractivity contribution is -0.0568. The molecule has 1 N–H and O–H groups in total. The zero-order valence-corrected chi connectivity index (χ0v) is 10.2. The van der Waals surface area contributed by atoms with Crippen molar-refractivity contribution in [1.82, 2.24) is 15.0 Å². The van der Waals surface area contributed by atoms with Crippen LogP contribution in [-0.4, -0.2) is 26.1 Å². The molecule has 5 rings (SSSR count). The first kappa shape index (κ1) is 10.5. The minimum absolute atomic E-state index is 0.0302. The number of carbonyl (C=O) groups is 1. The number of hydrogen-bond acceptors (Lipinski definition) is 3. The second-order valence-electron chi connectivity index (χ2n) is 6.47. The molecule has 1 aromatic heterocycles. The Morgan fingerprint density at radius 2 is 1.78 bits per heavy atom. The van der Waals surface area contributed by atoms with E-state index in [9.17, 15) is 4.79 Å². The van der Waals surface area contributed by atoms with E-state index in [1.165, 1.54) is 25.5 Å². The summed E-state index contributed by atoms with van der Waals surface area (Å²) in [5, 5.41) is 17.4. The van der Waals surface area contributed by atoms with E-state index in [0.717, 1.165) is 37.0 Å². The van der Waals surface area contributed by atoms with Crippen molar-refractivity contribution < 1.29 is 9.90 Å². The Kier molecular flexibility index (Phi) is 1.95. The maximum absolute atomic E-state index is 10.9. The third kappa shape index (κ3) is 1.36. The minimum Gasteiger partial charge on any atom is -0.476 e. The third-order valence-electron chi connectivity index (χ3n) is 5.14. The Morgan fingerprint density at radius 1 is 1.22 bits per heavy atom. The lowest BCUT2D eigenvalue weighted by Gasteiger charge is -2.55. The first-order valence-corrected chi connectivity index (χ1v) is 6.81. The van der Waals surface area contributed by atoms with Gasteiger partial charge in [-0.2, -0.15) is 9.90 Å². The van der Waals surface area contributed by atoms with Crippen molar-refractivity contribution in [1.29, 1.82) is 0 Å². The Morgan fingerprint density at radius 3 is 2.22 bits per heavy atom. The minimum atomic E-state index is -0.981. The van der Waals surface area contributed by atoms with Crippen LogP contribution in [0.5, 0.6) is 0 Å². The summed E-state index contributed by atoms with van der Waals surface area (Å²) >= 11 is 0. The van der Waals surface area contributed by atoms with Crippen LogP contribution < -0.4 is 0 Å². The van der Waals surface area contributed by atoms with Crippen molar-refractivity contribution >= 4 is 5.97 Å². The quantitative estimate of drug-likeness (QED) is 0.866. The second-order valence-corrected chi connectivity index (χ2v) is 6.47. The third-order valence-corrected chi connectivity index (χ3v) is 5.14. The van der Waals surface area contributed by atoms with E-state index in [0.29, 0.717) is 0 Å². The first-order chi connectivity index (χ1) is 8.64. The fourth-order valence-corrected chi connectivity index (χ4v) is 4.90. The molecule has 1 aromatic rings. The molecule has 0 atom stereocenters. The van der Waals surface area contributed by atoms with Gasteiger partial charge in [-0.1, -0.05) is 0 Å². The summed E-state index contributed by atoms with van der Waals surface area (Å²) in [7, 11) is 0. The highest BCUT2D eigenvalue weighted by molar-refractivity contribution is 5.84. The molecule has 1 heterocycles. The van der Waals surface area contributed by atoms with Crippen LogP contribution in [0.3, 0.4) is 0 Å². The summed E-state index contributed by atoms with van der Waals surface area (Å²) in [6.45, 7) is 0. The number of rotatable bonds is 2. The Hall–Kier alpha value is -1.39. The molecule has 5 heteroatoms. The van der Waals surface area contributed by atoms with Gasteiger partial charge >= 0.3 is 5.97 Å². The standard InChI is InChI=1S/C13H17N3O2/c17-12(18)11-7-14-16(15-11)13-4-8-1-9(5-13)3-10(2-8)6-13/h7-10H,1-6H2,(H,17,18). The molecule has 0 amide bonds. The van der Waals surface area contributed by atoms with Gasteiger partial charge in [-0.15, -0.1) is 5.10 Å². The van der Waals surface area contributed by atoms with Gasteiger partial charge in [-0.3, -0.25) is 0 Å². The summed E-state index contributed by atoms with van der Waals surface area (Å²) in [5.74, 6) is 1.47. The molecule has 5 nitrogen and oxygen atoms in total. The molecule has 18 heavy (non-hydrogen) atoms. The Bertz CT molecular complexity index is 473. The van der Waals surface area contributed by atoms with Gasteiger partial charge in [0, 0.05) is 0 Å². The van der Waals surface area contributed by atoms with Crippen LogP contribution in [0.1, 0.15) is 49.0 Å². The molecule has 4 aliphatic carbocycles. The van der Waals surface area contributed by atoms with Crippen LogP contribution in [0.4, 0.5) is 0 Å². The Balaban J connectivity index is 1.72. The van der Waals surface area contributed by atoms with Crippen LogP contribution in [0.15, 0.2) is 6.20 Å². The van der Waals surface area contributed by atoms with Crippen molar-refractivity contribution in [2.75, 3.05) is 0 Å². The maximum atomic E-state index is 10.9. The molecule has 0 spiro atoms. The van der Waals surface area contributed by atoms with Gasteiger partial charge in [0.15, 0.2) is 5.69 Å². The zero-order valence-electron chi connectivity index (χ0n) is 10.2. The lowest BCUT2D eigenvalue weighted by atomic mass is 9.53. The highest BCUT2D eigenvalue weighted by Gasteiger charge is 2.53. The summed E-state index contributed by atoms with van der Waals surface area (Å²) in [4.78, 5) is 12.7. The molecule has 4 bridgehead atoms. The predicted molar refractivity (Wildman–Crippen MR) is 63.1 cm³/mol. The van der Waals surface area contributed by atoms with E-state index >= 15 is 0 Å². The van der Waals surface area contributed by atoms with E-state index in [1.807, 2.05) is 0 Å². The summed E-state index contributed by atoms with van der Waals surface area (Å²) in [6.07, 6.45) is 8.93. The second kappa shape index (κ2) is 3.33. The smallest absolute Gasteiger partial charge is 0.358 e. The van der Waals surface area contributed by atoms with Gasteiger partial charge in [-0.05, 0) is 56.3 Å². The van der Waals surface area contributed by atoms with Crippen LogP contribution in [0, 0.1) is 17.8 Å². The van der Waals surface area contributed by atoms with Gasteiger partial charge in [-0.25, -0.2) is 4.79 Å². The average molecular weight is 247 g/mol. The molecule has 4 aliphatic rings. The number of nitrogens with zero attached hydrogens (tertiary/aromatic N) is 3. The van der Waals surface area contributed by atoms with Gasteiger partial charge < -0.3 is 5.11 Å². The van der Waals surface area contributed by atoms with E-state index in [-0.39, 0.29) is 11.2 Å². The van der Waals surface area contributed by atoms with E-state index < -0.39 is 5.97 Å². The van der Waals surface area contributed by atoms with Gasteiger partial charge in [0.2, 0.25) is 0 Å². The highest BCUT2D eigenvalue weighted by atomic mass is 16.4. The lowest BCUT2D eigenvalue weighted by Crippen LogP contribution is -2.52. The number of aromatic nitrogens is 3. The zero-order chi connectivity index (χ0) is 12.3. The monoisotopic (exact) mass is 247 g/mol. The topological polar surface area (TPSA) is 68.0 Å². The van der Waals surface area contributed by atoms with Crippen molar-refractivity contribution in [3.05, 3.63) is 11.9 Å². The highest BCUT2D eigenvalue weighted by Crippen LogP contribution is 2.58. The van der Waals surface area contributed by atoms with Gasteiger partial charge in [0.05, 0.1) is 11.7 Å². The average Bonchev–Trinajstić information content (AvgIpc) is 2.76. The molecule has 4 saturated carbocycles. The summed E-state index contributed by atoms with van der Waals surface area (Å²) in [5.41, 5.74) is 0.105. The Labute approximate surface area is 105 Å². The number of carboxylic acids is 1. The summed E-state index contributed by atoms with van der Waals surface area (Å²) < 4.78 is 0. The van der Waals surface area contributed by atoms with Crippen molar-refractivity contribution in [2.45, 2.75) is 44.1 Å². The molecule has 0 saturated heterocycles. The fraction of sp³-hybridized carbons (Fsp3) is 0.769. The summed E-state index contributed by atoms with van der Waals surface area (Å²) in [6, 6.07) is 0. The molecular formula is C13H17N3O2. The van der Waals surface area contributed by atoms with Crippen LogP contribution in [-0.2, 0) is 5.54 Å². The largest absolute Gasteiger partial charge is 0.476 e. The number of hydrogen-bond donors (Lipinski definition) is 1. The van der Waals surface area contributed by atoms with Crippen molar-refractivity contribution in [2.24, 2.45) is 17.8 Å². The van der Waals surface area contributed by atoms with Crippen molar-refractivity contribution in [3.63, 3.8) is 0 Å². The SMILES string of the molecule is O=C(O)c1cnn(C23CC4CC(CC(C4)C2)C3)n1. The van der Waals surface area contributed by atoms with Crippen LogP contribution >= 0.6 is 0 Å². The molecule has 4 fully saturated rings. The first-order valence-electron chi connectivity index (χ1n) is 6.81. The maximum Gasteiger partial charge on any atom is 0.358 e. The molecule has 96 valence electrons. The van der Waals surface area contributed by atoms with Crippen LogP contribution in [0.25, 0.3) is 0 Å². The molecule has 0 unspecified atom stereocenters.